The fourth-order valence-electron chi connectivity index (χ4n) is 6.71. The van der Waals surface area contributed by atoms with Gasteiger partial charge in [0.05, 0.1) is 64.7 Å². The van der Waals surface area contributed by atoms with E-state index in [0.717, 1.165) is 33.3 Å². The molecule has 0 radical (unpaired) electrons. The minimum Gasteiger partial charge on any atom is -0.496 e. The van der Waals surface area contributed by atoms with Gasteiger partial charge in [0.15, 0.2) is 0 Å². The lowest BCUT2D eigenvalue weighted by atomic mass is 9.84. The first-order chi connectivity index (χ1) is 27.2. The van der Waals surface area contributed by atoms with Crippen molar-refractivity contribution in [3.05, 3.63) is 136 Å². The maximum atomic E-state index is 13.5. The fourth-order valence-corrected chi connectivity index (χ4v) is 7.89. The number of carbonyl (C=O) groups excluding carboxylic acids is 1. The molecule has 4 aromatic carbocycles. The molecule has 0 amide bonds. The average molecular weight is 785 g/mol. The number of fused-ring (bicyclic) bond motifs is 1. The van der Waals surface area contributed by atoms with Crippen LogP contribution in [0.1, 0.15) is 65.6 Å². The highest BCUT2D eigenvalue weighted by atomic mass is 32.2. The van der Waals surface area contributed by atoms with Crippen LogP contribution < -0.4 is 4.74 Å². The molecule has 0 saturated carbocycles. The number of benzene rings is 4. The monoisotopic (exact) mass is 784 g/mol. The molecular formula is C42H48N4O9S. The van der Waals surface area contributed by atoms with Gasteiger partial charge < -0.3 is 27.9 Å². The third-order valence-corrected chi connectivity index (χ3v) is 11.1. The Morgan fingerprint density at radius 3 is 2.30 bits per heavy atom. The smallest absolute Gasteiger partial charge is 0.388 e. The Balaban J connectivity index is 1.19. The summed E-state index contributed by atoms with van der Waals surface area (Å²) in [6, 6.07) is 28.2. The van der Waals surface area contributed by atoms with Crippen LogP contribution in [-0.2, 0) is 58.0 Å². The van der Waals surface area contributed by atoms with Crippen molar-refractivity contribution in [2.24, 2.45) is 0 Å². The highest BCUT2D eigenvalue weighted by molar-refractivity contribution is 7.84. The molecule has 296 valence electrons. The van der Waals surface area contributed by atoms with Crippen LogP contribution in [0.3, 0.4) is 0 Å². The van der Waals surface area contributed by atoms with Gasteiger partial charge in [0, 0.05) is 24.1 Å². The van der Waals surface area contributed by atoms with Gasteiger partial charge in [0.25, 0.3) is 5.95 Å². The minimum absolute atomic E-state index is 0.0196. The molecule has 1 aliphatic heterocycles. The first kappa shape index (κ1) is 40.4. The Morgan fingerprint density at radius 2 is 1.61 bits per heavy atom. The number of aryl methyl sites for hydroxylation is 1. The molecule has 0 spiro atoms. The van der Waals surface area contributed by atoms with E-state index in [1.165, 1.54) is 11.4 Å². The molecule has 2 atom stereocenters. The van der Waals surface area contributed by atoms with Crippen molar-refractivity contribution in [3.8, 4) is 5.75 Å². The molecule has 0 saturated heterocycles. The van der Waals surface area contributed by atoms with Crippen molar-refractivity contribution >= 4 is 27.3 Å². The van der Waals surface area contributed by atoms with Gasteiger partial charge in [-0.05, 0) is 66.8 Å². The van der Waals surface area contributed by atoms with Crippen molar-refractivity contribution < 1.29 is 41.1 Å². The van der Waals surface area contributed by atoms with Crippen LogP contribution in [-0.4, -0.2) is 73.8 Å². The van der Waals surface area contributed by atoms with E-state index in [1.807, 2.05) is 91.9 Å². The summed E-state index contributed by atoms with van der Waals surface area (Å²) in [7, 11) is -2.70. The number of rotatable bonds is 19. The molecule has 0 N–H and O–H groups in total. The zero-order chi connectivity index (χ0) is 39.5. The first-order valence-corrected chi connectivity index (χ1v) is 20.0. The van der Waals surface area contributed by atoms with Gasteiger partial charge >= 0.3 is 16.3 Å². The van der Waals surface area contributed by atoms with Crippen LogP contribution in [0, 0.1) is 6.92 Å². The summed E-state index contributed by atoms with van der Waals surface area (Å²) in [5, 5.41) is 8.92. The van der Waals surface area contributed by atoms with E-state index >= 15 is 0 Å². The number of aromatic nitrogens is 3. The van der Waals surface area contributed by atoms with Gasteiger partial charge in [0.2, 0.25) is 0 Å². The highest BCUT2D eigenvalue weighted by Crippen LogP contribution is 2.39. The summed E-state index contributed by atoms with van der Waals surface area (Å²) < 4.78 is 63.7. The van der Waals surface area contributed by atoms with Crippen LogP contribution in [0.25, 0.3) is 11.0 Å². The predicted molar refractivity (Wildman–Crippen MR) is 210 cm³/mol. The lowest BCUT2D eigenvalue weighted by Crippen LogP contribution is -2.38. The van der Waals surface area contributed by atoms with E-state index in [2.05, 4.69) is 10.3 Å². The van der Waals surface area contributed by atoms with Crippen LogP contribution in [0.15, 0.2) is 103 Å². The molecule has 1 aliphatic rings. The highest BCUT2D eigenvalue weighted by Gasteiger charge is 2.36. The molecule has 13 nitrogen and oxygen atoms in total. The normalized spacial score (nSPS) is 15.1. The molecule has 0 aliphatic carbocycles. The lowest BCUT2D eigenvalue weighted by Gasteiger charge is -2.31. The SMILES string of the molecule is CCOC(=O)CC(c1ccc(OC)c([C@@H](C)N2CC=C(OCc3ccccc3)OS2(=O)=O)c1)c1ccc2c(nnn2CCOCCOCc2ccccc2)c1C. The van der Waals surface area contributed by atoms with Crippen LogP contribution >= 0.6 is 0 Å². The van der Waals surface area contributed by atoms with Crippen molar-refractivity contribution in [1.82, 2.24) is 19.3 Å². The lowest BCUT2D eigenvalue weighted by molar-refractivity contribution is -0.143. The Bertz CT molecular complexity index is 2210. The number of esters is 1. The first-order valence-electron chi connectivity index (χ1n) is 18.6. The summed E-state index contributed by atoms with van der Waals surface area (Å²) in [6.07, 6.45) is 1.64. The van der Waals surface area contributed by atoms with Crippen LogP contribution in [0.4, 0.5) is 0 Å². The zero-order valence-electron chi connectivity index (χ0n) is 32.1. The largest absolute Gasteiger partial charge is 0.496 e. The minimum atomic E-state index is -4.24. The van der Waals surface area contributed by atoms with Crippen LogP contribution in [0.5, 0.6) is 5.75 Å². The number of hydrogen-bond donors (Lipinski definition) is 0. The van der Waals surface area contributed by atoms with E-state index in [-0.39, 0.29) is 38.1 Å². The van der Waals surface area contributed by atoms with Crippen molar-refractivity contribution in [2.45, 2.75) is 58.9 Å². The van der Waals surface area contributed by atoms with E-state index in [4.69, 9.17) is 27.9 Å². The van der Waals surface area contributed by atoms with E-state index in [0.29, 0.717) is 49.8 Å². The number of nitrogens with zero attached hydrogens (tertiary/aromatic N) is 4. The third kappa shape index (κ3) is 9.93. The molecule has 14 heteroatoms. The van der Waals surface area contributed by atoms with Crippen molar-refractivity contribution in [2.75, 3.05) is 40.1 Å². The number of hydrogen-bond acceptors (Lipinski definition) is 11. The number of carbonyl (C=O) groups is 1. The molecule has 6 rings (SSSR count). The topological polar surface area (TPSA) is 141 Å². The Hall–Kier alpha value is -5.28. The summed E-state index contributed by atoms with van der Waals surface area (Å²) >= 11 is 0. The quantitative estimate of drug-likeness (QED) is 0.0648. The van der Waals surface area contributed by atoms with Gasteiger partial charge in [-0.2, -0.15) is 12.7 Å². The second kappa shape index (κ2) is 19.0. The van der Waals surface area contributed by atoms with E-state index < -0.39 is 22.3 Å². The second-order valence-corrected chi connectivity index (χ2v) is 14.7. The van der Waals surface area contributed by atoms with Gasteiger partial charge in [-0.15, -0.1) is 5.10 Å². The molecule has 5 aromatic rings. The van der Waals surface area contributed by atoms with Gasteiger partial charge in [-0.25, -0.2) is 4.68 Å². The maximum absolute atomic E-state index is 13.5. The van der Waals surface area contributed by atoms with Gasteiger partial charge in [-0.1, -0.05) is 78.0 Å². The standard InChI is InChI=1S/C42H48N4O9S/c1-5-53-40(47)27-37(35-17-18-38-42(30(35)2)43-44-45(38)22-23-51-24-25-52-28-32-12-8-6-9-13-32)34-16-19-39(50-4)36(26-34)31(3)46-21-20-41(55-56(46,48)49)54-29-33-14-10-7-11-15-33/h6-20,26,31,37H,5,21-25,27-29H2,1-4H3/t31-,37?/m1/s1. The Morgan fingerprint density at radius 1 is 0.893 bits per heavy atom. The molecule has 0 bridgehead atoms. The molecule has 1 aromatic heterocycles. The second-order valence-electron chi connectivity index (χ2n) is 13.3. The maximum Gasteiger partial charge on any atom is 0.388 e. The van der Waals surface area contributed by atoms with Gasteiger partial charge in [0.1, 0.15) is 17.9 Å². The summed E-state index contributed by atoms with van der Waals surface area (Å²) in [5.41, 5.74) is 6.64. The Labute approximate surface area is 328 Å². The molecule has 0 fully saturated rings. The summed E-state index contributed by atoms with van der Waals surface area (Å²) in [6.45, 7) is 8.32. The average Bonchev–Trinajstić information content (AvgIpc) is 3.63. The van der Waals surface area contributed by atoms with Crippen molar-refractivity contribution in [3.63, 3.8) is 0 Å². The zero-order valence-corrected chi connectivity index (χ0v) is 32.9. The van der Waals surface area contributed by atoms with E-state index in [1.54, 1.807) is 30.7 Å². The molecule has 2 heterocycles. The number of methoxy groups -OCH3 is 1. The number of ether oxygens (including phenoxy) is 5. The predicted octanol–water partition coefficient (Wildman–Crippen LogP) is 6.76. The van der Waals surface area contributed by atoms with Gasteiger partial charge in [-0.3, -0.25) is 4.79 Å². The van der Waals surface area contributed by atoms with Crippen molar-refractivity contribution in [1.29, 1.82) is 0 Å². The Kier molecular flexibility index (Phi) is 13.7. The summed E-state index contributed by atoms with van der Waals surface area (Å²) in [5.74, 6) is -0.406. The molecule has 56 heavy (non-hydrogen) atoms. The van der Waals surface area contributed by atoms with E-state index in [9.17, 15) is 13.2 Å². The fraction of sp³-hybridized carbons (Fsp3) is 0.357. The molecule has 1 unspecified atom stereocenters. The molecular weight excluding hydrogens is 737 g/mol. The van der Waals surface area contributed by atoms with Crippen LogP contribution in [0.2, 0.25) is 0 Å². The summed E-state index contributed by atoms with van der Waals surface area (Å²) in [4.78, 5) is 13.1. The third-order valence-electron chi connectivity index (χ3n) is 9.64.